The Morgan fingerprint density at radius 1 is 1.47 bits per heavy atom. The van der Waals surface area contributed by atoms with Gasteiger partial charge in [-0.05, 0) is 39.4 Å². The van der Waals surface area contributed by atoms with Gasteiger partial charge in [0.1, 0.15) is 5.75 Å². The molecule has 1 unspecified atom stereocenters. The standard InChI is InChI=1S/C15H20BrNO2/c1-15(2,3)13(17-9-18)8-10-4-5-12(16)14-11(10)6-7-19-14/h4-5,9,13H,6-8H2,1-3H3,(H,17,18). The number of nitrogens with one attached hydrogen (secondary N) is 1. The molecule has 1 N–H and O–H groups in total. The lowest BCUT2D eigenvalue weighted by Crippen LogP contribution is -2.41. The maximum absolute atomic E-state index is 10.8. The van der Waals surface area contributed by atoms with Gasteiger partial charge >= 0.3 is 0 Å². The van der Waals surface area contributed by atoms with Crippen LogP contribution in [0.2, 0.25) is 0 Å². The van der Waals surface area contributed by atoms with Crippen LogP contribution in [0.3, 0.4) is 0 Å². The molecular formula is C15H20BrNO2. The second-order valence-electron chi connectivity index (χ2n) is 6.02. The second kappa shape index (κ2) is 5.53. The molecule has 4 heteroatoms. The monoisotopic (exact) mass is 325 g/mol. The Labute approximate surface area is 122 Å². The fraction of sp³-hybridized carbons (Fsp3) is 0.533. The molecule has 1 aromatic carbocycles. The Bertz CT molecular complexity index is 480. The lowest BCUT2D eigenvalue weighted by atomic mass is 9.82. The molecule has 1 aliphatic rings. The lowest BCUT2D eigenvalue weighted by molar-refractivity contribution is -0.110. The molecule has 0 aromatic heterocycles. The summed E-state index contributed by atoms with van der Waals surface area (Å²) in [5, 5.41) is 2.94. The average Bonchev–Trinajstić information content (AvgIpc) is 2.80. The fourth-order valence-electron chi connectivity index (χ4n) is 2.43. The molecule has 1 aromatic rings. The SMILES string of the molecule is CC(C)(C)C(Cc1ccc(Br)c2c1CCO2)NC=O. The van der Waals surface area contributed by atoms with E-state index in [-0.39, 0.29) is 11.5 Å². The van der Waals surface area contributed by atoms with E-state index in [9.17, 15) is 4.79 Å². The summed E-state index contributed by atoms with van der Waals surface area (Å²) in [5.74, 6) is 0.969. The number of amides is 1. The van der Waals surface area contributed by atoms with E-state index in [0.717, 1.165) is 36.1 Å². The van der Waals surface area contributed by atoms with Gasteiger partial charge in [0.2, 0.25) is 6.41 Å². The van der Waals surface area contributed by atoms with Gasteiger partial charge in [-0.15, -0.1) is 0 Å². The molecule has 1 amide bonds. The zero-order valence-electron chi connectivity index (χ0n) is 11.6. The zero-order valence-corrected chi connectivity index (χ0v) is 13.2. The van der Waals surface area contributed by atoms with Crippen LogP contribution in [-0.4, -0.2) is 19.1 Å². The number of carbonyl (C=O) groups excluding carboxylic acids is 1. The van der Waals surface area contributed by atoms with Crippen LogP contribution in [0.15, 0.2) is 16.6 Å². The van der Waals surface area contributed by atoms with Crippen LogP contribution in [0.25, 0.3) is 0 Å². The molecule has 0 spiro atoms. The van der Waals surface area contributed by atoms with Crippen LogP contribution < -0.4 is 10.1 Å². The highest BCUT2D eigenvalue weighted by molar-refractivity contribution is 9.10. The first-order chi connectivity index (χ1) is 8.93. The topological polar surface area (TPSA) is 38.3 Å². The van der Waals surface area contributed by atoms with Crippen molar-refractivity contribution in [2.45, 2.75) is 39.7 Å². The average molecular weight is 326 g/mol. The van der Waals surface area contributed by atoms with Crippen molar-refractivity contribution >= 4 is 22.3 Å². The molecule has 0 saturated carbocycles. The third-order valence-corrected chi connectivity index (χ3v) is 4.27. The number of hydrogen-bond acceptors (Lipinski definition) is 2. The highest BCUT2D eigenvalue weighted by atomic mass is 79.9. The maximum atomic E-state index is 10.8. The molecule has 2 rings (SSSR count). The van der Waals surface area contributed by atoms with E-state index in [2.05, 4.69) is 48.1 Å². The predicted molar refractivity (Wildman–Crippen MR) is 79.5 cm³/mol. The van der Waals surface area contributed by atoms with Gasteiger partial charge in [-0.1, -0.05) is 26.8 Å². The number of benzene rings is 1. The second-order valence-corrected chi connectivity index (χ2v) is 6.87. The van der Waals surface area contributed by atoms with Gasteiger partial charge in [-0.3, -0.25) is 4.79 Å². The zero-order chi connectivity index (χ0) is 14.0. The Morgan fingerprint density at radius 3 is 2.84 bits per heavy atom. The normalized spacial score (nSPS) is 15.6. The summed E-state index contributed by atoms with van der Waals surface area (Å²) < 4.78 is 6.67. The maximum Gasteiger partial charge on any atom is 0.207 e. The van der Waals surface area contributed by atoms with Crippen molar-refractivity contribution in [1.82, 2.24) is 5.32 Å². The molecule has 1 atom stereocenters. The van der Waals surface area contributed by atoms with Crippen LogP contribution >= 0.6 is 15.9 Å². The molecule has 1 heterocycles. The Hall–Kier alpha value is -1.03. The first-order valence-electron chi connectivity index (χ1n) is 6.56. The number of halogens is 1. The van der Waals surface area contributed by atoms with Gasteiger partial charge in [0.25, 0.3) is 0 Å². The van der Waals surface area contributed by atoms with Crippen molar-refractivity contribution < 1.29 is 9.53 Å². The highest BCUT2D eigenvalue weighted by Crippen LogP contribution is 2.37. The first-order valence-corrected chi connectivity index (χ1v) is 7.35. The smallest absolute Gasteiger partial charge is 0.207 e. The van der Waals surface area contributed by atoms with Crippen molar-refractivity contribution in [3.8, 4) is 5.75 Å². The number of carbonyl (C=O) groups is 1. The molecular weight excluding hydrogens is 306 g/mol. The van der Waals surface area contributed by atoms with Gasteiger partial charge in [0, 0.05) is 18.0 Å². The predicted octanol–water partition coefficient (Wildman–Crippen LogP) is 3.09. The van der Waals surface area contributed by atoms with Crippen LogP contribution in [0.5, 0.6) is 5.75 Å². The van der Waals surface area contributed by atoms with Crippen molar-refractivity contribution in [2.24, 2.45) is 5.41 Å². The summed E-state index contributed by atoms with van der Waals surface area (Å²) in [7, 11) is 0. The summed E-state index contributed by atoms with van der Waals surface area (Å²) >= 11 is 3.52. The van der Waals surface area contributed by atoms with E-state index in [4.69, 9.17) is 4.74 Å². The minimum Gasteiger partial charge on any atom is -0.492 e. The van der Waals surface area contributed by atoms with E-state index in [1.54, 1.807) is 0 Å². The number of rotatable bonds is 4. The largest absolute Gasteiger partial charge is 0.492 e. The Kier molecular flexibility index (Phi) is 4.19. The summed E-state index contributed by atoms with van der Waals surface area (Å²) in [6, 6.07) is 4.28. The quantitative estimate of drug-likeness (QED) is 0.864. The van der Waals surface area contributed by atoms with Crippen molar-refractivity contribution in [3.63, 3.8) is 0 Å². The fourth-order valence-corrected chi connectivity index (χ4v) is 2.92. The van der Waals surface area contributed by atoms with Crippen molar-refractivity contribution in [3.05, 3.63) is 27.7 Å². The van der Waals surface area contributed by atoms with Crippen LogP contribution in [0.4, 0.5) is 0 Å². The molecule has 104 valence electrons. The van der Waals surface area contributed by atoms with Gasteiger partial charge in [0.15, 0.2) is 0 Å². The van der Waals surface area contributed by atoms with E-state index >= 15 is 0 Å². The molecule has 0 saturated heterocycles. The minimum atomic E-state index is 0.0281. The number of hydrogen-bond donors (Lipinski definition) is 1. The summed E-state index contributed by atoms with van der Waals surface area (Å²) in [4.78, 5) is 10.8. The molecule has 1 aliphatic heterocycles. The molecule has 19 heavy (non-hydrogen) atoms. The lowest BCUT2D eigenvalue weighted by Gasteiger charge is -2.30. The van der Waals surface area contributed by atoms with Crippen molar-refractivity contribution in [2.75, 3.05) is 6.61 Å². The van der Waals surface area contributed by atoms with E-state index in [1.165, 1.54) is 11.1 Å². The summed E-state index contributed by atoms with van der Waals surface area (Å²) in [5.41, 5.74) is 2.57. The van der Waals surface area contributed by atoms with Crippen LogP contribution in [0.1, 0.15) is 31.9 Å². The summed E-state index contributed by atoms with van der Waals surface area (Å²) in [6.45, 7) is 7.17. The Morgan fingerprint density at radius 2 is 2.21 bits per heavy atom. The molecule has 0 bridgehead atoms. The van der Waals surface area contributed by atoms with Gasteiger partial charge in [-0.25, -0.2) is 0 Å². The van der Waals surface area contributed by atoms with E-state index in [1.807, 2.05) is 6.07 Å². The highest BCUT2D eigenvalue weighted by Gasteiger charge is 2.27. The first kappa shape index (κ1) is 14.4. The minimum absolute atomic E-state index is 0.0281. The van der Waals surface area contributed by atoms with Crippen LogP contribution in [0, 0.1) is 5.41 Å². The van der Waals surface area contributed by atoms with Crippen LogP contribution in [-0.2, 0) is 17.6 Å². The third-order valence-electron chi connectivity index (χ3n) is 3.65. The summed E-state index contributed by atoms with van der Waals surface area (Å²) in [6.07, 6.45) is 2.58. The van der Waals surface area contributed by atoms with Crippen molar-refractivity contribution in [1.29, 1.82) is 0 Å². The van der Waals surface area contributed by atoms with Gasteiger partial charge in [0.05, 0.1) is 11.1 Å². The van der Waals surface area contributed by atoms with Gasteiger partial charge < -0.3 is 10.1 Å². The molecule has 0 aliphatic carbocycles. The molecule has 3 nitrogen and oxygen atoms in total. The number of ether oxygens (including phenoxy) is 1. The third kappa shape index (κ3) is 3.11. The van der Waals surface area contributed by atoms with Gasteiger partial charge in [-0.2, -0.15) is 0 Å². The number of fused-ring (bicyclic) bond motifs is 1. The van der Waals surface area contributed by atoms with E-state index in [0.29, 0.717) is 0 Å². The Balaban J connectivity index is 2.28. The molecule has 0 fully saturated rings. The molecule has 0 radical (unpaired) electrons. The van der Waals surface area contributed by atoms with E-state index < -0.39 is 0 Å².